The molecule has 1 atom stereocenters. The number of thiazole rings is 1. The first-order valence-electron chi connectivity index (χ1n) is 11.4. The van der Waals surface area contributed by atoms with Crippen molar-refractivity contribution in [3.63, 3.8) is 0 Å². The van der Waals surface area contributed by atoms with E-state index in [1.54, 1.807) is 68.5 Å². The van der Waals surface area contributed by atoms with Gasteiger partial charge < -0.3 is 9.15 Å². The van der Waals surface area contributed by atoms with Gasteiger partial charge >= 0.3 is 5.97 Å². The summed E-state index contributed by atoms with van der Waals surface area (Å²) in [5.74, 6) is 0.272. The number of furan rings is 1. The molecule has 0 unspecified atom stereocenters. The average Bonchev–Trinajstić information content (AvgIpc) is 3.47. The van der Waals surface area contributed by atoms with Crippen LogP contribution in [0.5, 0.6) is 0 Å². The topological polar surface area (TPSA) is 73.8 Å². The zero-order chi connectivity index (χ0) is 27.1. The normalized spacial score (nSPS) is 15.4. The number of halogens is 4. The van der Waals surface area contributed by atoms with Crippen molar-refractivity contribution in [1.29, 1.82) is 0 Å². The van der Waals surface area contributed by atoms with Crippen molar-refractivity contribution in [3.8, 4) is 11.3 Å². The van der Waals surface area contributed by atoms with Crippen LogP contribution in [0.15, 0.2) is 74.0 Å². The van der Waals surface area contributed by atoms with Crippen molar-refractivity contribution in [2.75, 3.05) is 6.61 Å². The van der Waals surface area contributed by atoms with Crippen LogP contribution in [0.2, 0.25) is 20.1 Å². The summed E-state index contributed by atoms with van der Waals surface area (Å²) in [4.78, 5) is 31.8. The highest BCUT2D eigenvalue weighted by Gasteiger charge is 2.35. The van der Waals surface area contributed by atoms with Crippen molar-refractivity contribution in [2.45, 2.75) is 19.9 Å². The Balaban J connectivity index is 1.69. The molecular formula is C27H18Cl4N2O4S. The molecule has 0 bridgehead atoms. The number of carbonyl (C=O) groups is 1. The largest absolute Gasteiger partial charge is 0.463 e. The van der Waals surface area contributed by atoms with Gasteiger partial charge in [0.15, 0.2) is 4.80 Å². The van der Waals surface area contributed by atoms with Gasteiger partial charge in [-0.15, -0.1) is 0 Å². The third-order valence-electron chi connectivity index (χ3n) is 5.87. The molecular weight excluding hydrogens is 590 g/mol. The molecule has 6 nitrogen and oxygen atoms in total. The summed E-state index contributed by atoms with van der Waals surface area (Å²) in [6, 6.07) is 12.7. The Hall–Kier alpha value is -2.81. The number of hydrogen-bond acceptors (Lipinski definition) is 6. The van der Waals surface area contributed by atoms with Crippen LogP contribution in [0.1, 0.15) is 31.2 Å². The van der Waals surface area contributed by atoms with Crippen LogP contribution in [0.25, 0.3) is 17.4 Å². The number of benzene rings is 2. The SMILES string of the molecule is CCOC(=O)C1=C(C)N=c2s/c(=C\c3ccc(Cl)cc3Cl)c(=O)n2[C@H]1c1ccc(-c2ccc(Cl)c(Cl)c2)o1. The fourth-order valence-electron chi connectivity index (χ4n) is 4.12. The van der Waals surface area contributed by atoms with Crippen molar-refractivity contribution in [2.24, 2.45) is 4.99 Å². The Labute approximate surface area is 241 Å². The molecule has 1 aliphatic rings. The molecule has 4 aromatic rings. The van der Waals surface area contributed by atoms with Gasteiger partial charge in [-0.3, -0.25) is 9.36 Å². The molecule has 0 radical (unpaired) electrons. The Morgan fingerprint density at radius 3 is 2.58 bits per heavy atom. The second-order valence-corrected chi connectivity index (χ2v) is 11.0. The van der Waals surface area contributed by atoms with Crippen LogP contribution in [0, 0.1) is 0 Å². The van der Waals surface area contributed by atoms with Crippen LogP contribution in [0.4, 0.5) is 0 Å². The van der Waals surface area contributed by atoms with Crippen LogP contribution < -0.4 is 14.9 Å². The molecule has 5 rings (SSSR count). The van der Waals surface area contributed by atoms with E-state index in [-0.39, 0.29) is 17.7 Å². The summed E-state index contributed by atoms with van der Waals surface area (Å²) in [6.07, 6.45) is 1.67. The number of allylic oxidation sites excluding steroid dienone is 1. The number of rotatable bonds is 5. The number of carbonyl (C=O) groups excluding carboxylic acids is 1. The second kappa shape index (κ2) is 10.8. The van der Waals surface area contributed by atoms with Gasteiger partial charge in [0.1, 0.15) is 17.6 Å². The van der Waals surface area contributed by atoms with Gasteiger partial charge in [0.2, 0.25) is 0 Å². The number of ether oxygens (including phenoxy) is 1. The predicted molar refractivity (Wildman–Crippen MR) is 151 cm³/mol. The van der Waals surface area contributed by atoms with Gasteiger partial charge in [-0.05, 0) is 68.0 Å². The number of fused-ring (bicyclic) bond motifs is 1. The minimum absolute atomic E-state index is 0.161. The predicted octanol–water partition coefficient (Wildman–Crippen LogP) is 6.67. The number of aromatic nitrogens is 1. The Kier molecular flexibility index (Phi) is 7.58. The zero-order valence-corrected chi connectivity index (χ0v) is 23.8. The van der Waals surface area contributed by atoms with E-state index in [4.69, 9.17) is 55.6 Å². The lowest BCUT2D eigenvalue weighted by Gasteiger charge is -2.22. The van der Waals surface area contributed by atoms with E-state index in [1.807, 2.05) is 0 Å². The van der Waals surface area contributed by atoms with Crippen LogP contribution in [0.3, 0.4) is 0 Å². The molecule has 0 N–H and O–H groups in total. The molecule has 0 amide bonds. The monoisotopic (exact) mass is 606 g/mol. The molecule has 38 heavy (non-hydrogen) atoms. The van der Waals surface area contributed by atoms with E-state index in [2.05, 4.69) is 4.99 Å². The van der Waals surface area contributed by atoms with Gasteiger partial charge in [-0.2, -0.15) is 0 Å². The minimum Gasteiger partial charge on any atom is -0.463 e. The molecule has 11 heteroatoms. The van der Waals surface area contributed by atoms with Gasteiger partial charge in [0.05, 0.1) is 32.5 Å². The third-order valence-corrected chi connectivity index (χ3v) is 8.15. The maximum atomic E-state index is 13.7. The van der Waals surface area contributed by atoms with E-state index >= 15 is 0 Å². The van der Waals surface area contributed by atoms with E-state index in [1.165, 1.54) is 15.9 Å². The lowest BCUT2D eigenvalue weighted by atomic mass is 10.0. The number of nitrogens with zero attached hydrogens (tertiary/aromatic N) is 2. The quantitative estimate of drug-likeness (QED) is 0.237. The van der Waals surface area contributed by atoms with Gasteiger partial charge in [0.25, 0.3) is 5.56 Å². The van der Waals surface area contributed by atoms with Gasteiger partial charge in [0, 0.05) is 15.6 Å². The molecule has 0 spiro atoms. The highest BCUT2D eigenvalue weighted by atomic mass is 35.5. The number of esters is 1. The summed E-state index contributed by atoms with van der Waals surface area (Å²) in [7, 11) is 0. The molecule has 2 aromatic heterocycles. The van der Waals surface area contributed by atoms with Crippen LogP contribution in [-0.2, 0) is 9.53 Å². The summed E-state index contributed by atoms with van der Waals surface area (Å²) < 4.78 is 13.3. The summed E-state index contributed by atoms with van der Waals surface area (Å²) >= 11 is 25.8. The van der Waals surface area contributed by atoms with Gasteiger partial charge in [-0.1, -0.05) is 63.8 Å². The Morgan fingerprint density at radius 1 is 1.08 bits per heavy atom. The fourth-order valence-corrected chi connectivity index (χ4v) is 5.92. The van der Waals surface area contributed by atoms with Gasteiger partial charge in [-0.25, -0.2) is 9.79 Å². The fraction of sp³-hybridized carbons (Fsp3) is 0.148. The summed E-state index contributed by atoms with van der Waals surface area (Å²) in [6.45, 7) is 3.58. The van der Waals surface area contributed by atoms with E-state index in [0.29, 0.717) is 57.8 Å². The Bertz CT molecular complexity index is 1800. The summed E-state index contributed by atoms with van der Waals surface area (Å²) in [5.41, 5.74) is 1.60. The molecule has 0 fully saturated rings. The van der Waals surface area contributed by atoms with Crippen molar-refractivity contribution < 1.29 is 13.9 Å². The first-order chi connectivity index (χ1) is 18.2. The summed E-state index contributed by atoms with van der Waals surface area (Å²) in [5, 5.41) is 1.68. The third kappa shape index (κ3) is 4.97. The number of hydrogen-bond donors (Lipinski definition) is 0. The van der Waals surface area contributed by atoms with Crippen LogP contribution in [-0.4, -0.2) is 17.1 Å². The van der Waals surface area contributed by atoms with E-state index in [9.17, 15) is 9.59 Å². The lowest BCUT2D eigenvalue weighted by molar-refractivity contribution is -0.139. The molecule has 2 aromatic carbocycles. The molecule has 0 aliphatic carbocycles. The second-order valence-electron chi connectivity index (χ2n) is 8.30. The molecule has 1 aliphatic heterocycles. The highest BCUT2D eigenvalue weighted by molar-refractivity contribution is 7.07. The molecule has 0 saturated heterocycles. The van der Waals surface area contributed by atoms with Crippen molar-refractivity contribution in [1.82, 2.24) is 4.57 Å². The van der Waals surface area contributed by atoms with E-state index < -0.39 is 12.0 Å². The zero-order valence-electron chi connectivity index (χ0n) is 19.9. The lowest BCUT2D eigenvalue weighted by Crippen LogP contribution is -2.39. The maximum absolute atomic E-state index is 13.7. The standard InChI is InChI=1S/C27H18Cl4N2O4S/c1-3-36-26(35)23-13(2)32-27-33(25(34)22(38-27)11-14-4-6-16(28)12-18(14)30)24(23)21-9-8-20(37-21)15-5-7-17(29)19(31)10-15/h4-12,24H,3H2,1-2H3/b22-11-/t24-/m0/s1. The van der Waals surface area contributed by atoms with Crippen molar-refractivity contribution in [3.05, 3.63) is 111 Å². The smallest absolute Gasteiger partial charge is 0.338 e. The minimum atomic E-state index is -0.898. The molecule has 3 heterocycles. The Morgan fingerprint density at radius 2 is 1.87 bits per heavy atom. The van der Waals surface area contributed by atoms with Crippen LogP contribution >= 0.6 is 57.7 Å². The van der Waals surface area contributed by atoms with Crippen molar-refractivity contribution >= 4 is 69.8 Å². The average molecular weight is 608 g/mol. The maximum Gasteiger partial charge on any atom is 0.338 e. The molecule has 194 valence electrons. The highest BCUT2D eigenvalue weighted by Crippen LogP contribution is 2.35. The van der Waals surface area contributed by atoms with E-state index in [0.717, 1.165) is 0 Å². The first-order valence-corrected chi connectivity index (χ1v) is 13.7. The first kappa shape index (κ1) is 26.8. The molecule has 0 saturated carbocycles.